The van der Waals surface area contributed by atoms with Gasteiger partial charge in [-0.3, -0.25) is 0 Å². The number of fused-ring (bicyclic) bond motifs is 1. The quantitative estimate of drug-likeness (QED) is 0.656. The second-order valence-electron chi connectivity index (χ2n) is 3.08. The van der Waals surface area contributed by atoms with Crippen LogP contribution in [0.4, 0.5) is 0 Å². The summed E-state index contributed by atoms with van der Waals surface area (Å²) in [6.45, 7) is 4.12. The van der Waals surface area contributed by atoms with Crippen molar-refractivity contribution in [2.24, 2.45) is 0 Å². The first kappa shape index (κ1) is 8.44. The van der Waals surface area contributed by atoms with Crippen molar-refractivity contribution < 1.29 is 0 Å². The van der Waals surface area contributed by atoms with E-state index in [0.717, 1.165) is 5.52 Å². The Morgan fingerprint density at radius 3 is 2.77 bits per heavy atom. The topological polar surface area (TPSA) is 43.6 Å². The summed E-state index contributed by atoms with van der Waals surface area (Å²) in [5, 5.41) is 0.455. The first-order valence-electron chi connectivity index (χ1n) is 4.03. The molecule has 0 N–H and O–H groups in total. The molecule has 0 fully saturated rings. The number of halogens is 1. The fraction of sp³-hybridized carbons (Fsp3) is 0.375. The molecule has 0 aromatic carbocycles. The van der Waals surface area contributed by atoms with Gasteiger partial charge in [0.1, 0.15) is 11.8 Å². The zero-order chi connectivity index (χ0) is 9.42. The van der Waals surface area contributed by atoms with Crippen molar-refractivity contribution in [2.75, 3.05) is 0 Å². The summed E-state index contributed by atoms with van der Waals surface area (Å²) >= 11 is 5.94. The molecule has 0 amide bonds. The molecule has 0 atom stereocenters. The van der Waals surface area contributed by atoms with Crippen LogP contribution in [-0.4, -0.2) is 19.5 Å². The first-order valence-corrected chi connectivity index (χ1v) is 4.41. The molecule has 0 radical (unpaired) electrons. The second kappa shape index (κ2) is 2.96. The number of imidazole rings is 1. The molecule has 2 heterocycles. The zero-order valence-corrected chi connectivity index (χ0v) is 8.15. The molecular weight excluding hydrogens is 188 g/mol. The molecule has 2 rings (SSSR count). The van der Waals surface area contributed by atoms with Gasteiger partial charge in [0.25, 0.3) is 0 Å². The van der Waals surface area contributed by atoms with Crippen LogP contribution in [0.25, 0.3) is 11.2 Å². The molecule has 0 saturated carbocycles. The van der Waals surface area contributed by atoms with E-state index >= 15 is 0 Å². The minimum absolute atomic E-state index is 0.313. The summed E-state index contributed by atoms with van der Waals surface area (Å²) in [6.07, 6.45) is 3.15. The van der Waals surface area contributed by atoms with E-state index in [1.807, 2.05) is 4.57 Å². The van der Waals surface area contributed by atoms with Gasteiger partial charge in [-0.1, -0.05) is 11.6 Å². The van der Waals surface area contributed by atoms with E-state index in [-0.39, 0.29) is 0 Å². The van der Waals surface area contributed by atoms with Crippen LogP contribution in [0.15, 0.2) is 12.7 Å². The predicted octanol–water partition coefficient (Wildman–Crippen LogP) is 2.06. The van der Waals surface area contributed by atoms with E-state index in [9.17, 15) is 0 Å². The summed E-state index contributed by atoms with van der Waals surface area (Å²) in [5.41, 5.74) is 1.45. The molecular formula is C8H9ClN4. The van der Waals surface area contributed by atoms with Crippen molar-refractivity contribution in [1.29, 1.82) is 0 Å². The molecule has 13 heavy (non-hydrogen) atoms. The van der Waals surface area contributed by atoms with Crippen LogP contribution in [-0.2, 0) is 0 Å². The monoisotopic (exact) mass is 196 g/mol. The average molecular weight is 197 g/mol. The van der Waals surface area contributed by atoms with Crippen molar-refractivity contribution in [1.82, 2.24) is 19.5 Å². The van der Waals surface area contributed by atoms with Crippen LogP contribution in [0.3, 0.4) is 0 Å². The van der Waals surface area contributed by atoms with Crippen molar-refractivity contribution in [3.63, 3.8) is 0 Å². The third-order valence-electron chi connectivity index (χ3n) is 1.88. The van der Waals surface area contributed by atoms with E-state index in [0.29, 0.717) is 16.8 Å². The van der Waals surface area contributed by atoms with Gasteiger partial charge in [0, 0.05) is 6.04 Å². The van der Waals surface area contributed by atoms with E-state index in [1.165, 1.54) is 6.33 Å². The van der Waals surface area contributed by atoms with Crippen LogP contribution in [0.5, 0.6) is 0 Å². The van der Waals surface area contributed by atoms with Crippen LogP contribution < -0.4 is 0 Å². The molecule has 2 aromatic heterocycles. The van der Waals surface area contributed by atoms with Gasteiger partial charge in [0.2, 0.25) is 0 Å². The minimum Gasteiger partial charge on any atom is -0.324 e. The summed E-state index contributed by atoms with van der Waals surface area (Å²) < 4.78 is 1.96. The van der Waals surface area contributed by atoms with Crippen LogP contribution in [0.2, 0.25) is 5.15 Å². The first-order chi connectivity index (χ1) is 6.20. The Hall–Kier alpha value is -1.16. The van der Waals surface area contributed by atoms with Crippen LogP contribution in [0, 0.1) is 0 Å². The Morgan fingerprint density at radius 1 is 1.31 bits per heavy atom. The smallest absolute Gasteiger partial charge is 0.182 e. The molecule has 0 unspecified atom stereocenters. The van der Waals surface area contributed by atoms with Crippen LogP contribution in [0.1, 0.15) is 19.9 Å². The van der Waals surface area contributed by atoms with Crippen molar-refractivity contribution >= 4 is 22.8 Å². The number of aromatic nitrogens is 4. The summed E-state index contributed by atoms with van der Waals surface area (Å²) in [7, 11) is 0. The molecule has 0 bridgehead atoms. The highest BCUT2D eigenvalue weighted by atomic mass is 35.5. The van der Waals surface area contributed by atoms with Crippen molar-refractivity contribution in [2.45, 2.75) is 19.9 Å². The lowest BCUT2D eigenvalue weighted by Gasteiger charge is -2.07. The predicted molar refractivity (Wildman–Crippen MR) is 50.7 cm³/mol. The van der Waals surface area contributed by atoms with Gasteiger partial charge in [-0.25, -0.2) is 15.0 Å². The number of nitrogens with zero attached hydrogens (tertiary/aromatic N) is 4. The highest BCUT2D eigenvalue weighted by molar-refractivity contribution is 6.33. The lowest BCUT2D eigenvalue weighted by molar-refractivity contribution is 0.617. The van der Waals surface area contributed by atoms with E-state index in [2.05, 4.69) is 28.8 Å². The van der Waals surface area contributed by atoms with Crippen molar-refractivity contribution in [3.05, 3.63) is 17.8 Å². The van der Waals surface area contributed by atoms with Gasteiger partial charge >= 0.3 is 0 Å². The lowest BCUT2D eigenvalue weighted by Crippen LogP contribution is -1.99. The highest BCUT2D eigenvalue weighted by Crippen LogP contribution is 2.21. The van der Waals surface area contributed by atoms with Gasteiger partial charge in [-0.05, 0) is 13.8 Å². The maximum atomic E-state index is 5.94. The van der Waals surface area contributed by atoms with E-state index < -0.39 is 0 Å². The van der Waals surface area contributed by atoms with Gasteiger partial charge in [-0.15, -0.1) is 0 Å². The summed E-state index contributed by atoms with van der Waals surface area (Å²) in [4.78, 5) is 12.1. The third kappa shape index (κ3) is 1.27. The van der Waals surface area contributed by atoms with Gasteiger partial charge in [0.15, 0.2) is 10.8 Å². The molecule has 68 valence electrons. The maximum Gasteiger partial charge on any atom is 0.182 e. The van der Waals surface area contributed by atoms with Crippen molar-refractivity contribution in [3.8, 4) is 0 Å². The maximum absolute atomic E-state index is 5.94. The molecule has 0 saturated heterocycles. The van der Waals surface area contributed by atoms with Gasteiger partial charge in [0.05, 0.1) is 6.33 Å². The molecule has 0 aliphatic carbocycles. The fourth-order valence-corrected chi connectivity index (χ4v) is 1.46. The second-order valence-corrected chi connectivity index (χ2v) is 3.44. The standard InChI is InChI=1S/C8H9ClN4/c1-5(2)13-4-12-8-6(13)7(9)10-3-11-8/h3-5H,1-2H3. The number of hydrogen-bond donors (Lipinski definition) is 0. The molecule has 5 heteroatoms. The molecule has 0 spiro atoms. The highest BCUT2D eigenvalue weighted by Gasteiger charge is 2.10. The summed E-state index contributed by atoms with van der Waals surface area (Å²) in [6, 6.07) is 0.313. The van der Waals surface area contributed by atoms with Gasteiger partial charge in [-0.2, -0.15) is 0 Å². The SMILES string of the molecule is CC(C)n1cnc2ncnc(Cl)c21. The zero-order valence-electron chi connectivity index (χ0n) is 7.40. The fourth-order valence-electron chi connectivity index (χ4n) is 1.23. The Bertz CT molecular complexity index is 435. The molecule has 0 aliphatic rings. The molecule has 2 aromatic rings. The normalized spacial score (nSPS) is 11.4. The number of rotatable bonds is 1. The van der Waals surface area contributed by atoms with E-state index in [1.54, 1.807) is 6.33 Å². The Morgan fingerprint density at radius 2 is 2.08 bits per heavy atom. The third-order valence-corrected chi connectivity index (χ3v) is 2.15. The largest absolute Gasteiger partial charge is 0.324 e. The summed E-state index contributed by atoms with van der Waals surface area (Å²) in [5.74, 6) is 0. The van der Waals surface area contributed by atoms with E-state index in [4.69, 9.17) is 11.6 Å². The van der Waals surface area contributed by atoms with Crippen LogP contribution >= 0.6 is 11.6 Å². The minimum atomic E-state index is 0.313. The Kier molecular flexibility index (Phi) is 1.92. The molecule has 0 aliphatic heterocycles. The Balaban J connectivity index is 2.79. The average Bonchev–Trinajstić information content (AvgIpc) is 2.49. The Labute approximate surface area is 80.6 Å². The number of hydrogen-bond acceptors (Lipinski definition) is 3. The van der Waals surface area contributed by atoms with Gasteiger partial charge < -0.3 is 4.57 Å². The molecule has 4 nitrogen and oxygen atoms in total. The lowest BCUT2D eigenvalue weighted by atomic mass is 10.4.